The summed E-state index contributed by atoms with van der Waals surface area (Å²) in [5, 5.41) is 9.00. The van der Waals surface area contributed by atoms with Crippen LogP contribution in [0.25, 0.3) is 0 Å². The molecule has 1 N–H and O–H groups in total. The molecule has 0 bridgehead atoms. The van der Waals surface area contributed by atoms with Gasteiger partial charge in [-0.3, -0.25) is 0 Å². The number of halogens is 2. The summed E-state index contributed by atoms with van der Waals surface area (Å²) in [6.45, 7) is 0. The van der Waals surface area contributed by atoms with Gasteiger partial charge in [-0.15, -0.1) is 6.42 Å². The van der Waals surface area contributed by atoms with Crippen LogP contribution in [0.4, 0.5) is 8.78 Å². The molecule has 3 heteroatoms. The van der Waals surface area contributed by atoms with E-state index in [0.717, 1.165) is 0 Å². The minimum absolute atomic E-state index is 0.144. The Hall–Kier alpha value is -1.40. The third-order valence-electron chi connectivity index (χ3n) is 1.63. The number of hydrogen-bond acceptors (Lipinski definition) is 1. The molecule has 0 saturated carbocycles. The highest BCUT2D eigenvalue weighted by atomic mass is 19.3. The summed E-state index contributed by atoms with van der Waals surface area (Å²) in [6.07, 6.45) is 0.535. The molecule has 0 fully saturated rings. The molecule has 68 valence electrons. The third-order valence-corrected chi connectivity index (χ3v) is 1.63. The lowest BCUT2D eigenvalue weighted by Gasteiger charge is -2.09. The maximum atomic E-state index is 12.0. The summed E-state index contributed by atoms with van der Waals surface area (Å²) in [7, 11) is 0. The van der Waals surface area contributed by atoms with E-state index < -0.39 is 12.5 Å². The second kappa shape index (κ2) is 4.01. The van der Waals surface area contributed by atoms with Gasteiger partial charge in [0.05, 0.1) is 0 Å². The SMILES string of the molecule is C#Cc1cccc(C(O)C(F)F)c1. The van der Waals surface area contributed by atoms with Crippen molar-refractivity contribution < 1.29 is 13.9 Å². The van der Waals surface area contributed by atoms with Gasteiger partial charge in [0, 0.05) is 5.56 Å². The molecule has 0 spiro atoms. The molecule has 1 unspecified atom stereocenters. The van der Waals surface area contributed by atoms with Crippen LogP contribution in [0, 0.1) is 12.3 Å². The van der Waals surface area contributed by atoms with Crippen molar-refractivity contribution in [2.75, 3.05) is 0 Å². The van der Waals surface area contributed by atoms with Gasteiger partial charge in [0.1, 0.15) is 6.10 Å². The number of aliphatic hydroxyl groups excluding tert-OH is 1. The van der Waals surface area contributed by atoms with Crippen LogP contribution in [-0.2, 0) is 0 Å². The molecule has 0 amide bonds. The molecule has 1 aromatic carbocycles. The van der Waals surface area contributed by atoms with Gasteiger partial charge >= 0.3 is 0 Å². The average Bonchev–Trinajstić information content (AvgIpc) is 2.16. The molecular formula is C10H8F2O. The molecule has 13 heavy (non-hydrogen) atoms. The molecule has 1 atom stereocenters. The van der Waals surface area contributed by atoms with Crippen LogP contribution in [0.5, 0.6) is 0 Å². The second-order valence-corrected chi connectivity index (χ2v) is 2.55. The molecule has 0 heterocycles. The van der Waals surface area contributed by atoms with Crippen LogP contribution >= 0.6 is 0 Å². The summed E-state index contributed by atoms with van der Waals surface area (Å²) in [6, 6.07) is 5.94. The Labute approximate surface area is 75.0 Å². The van der Waals surface area contributed by atoms with Crippen molar-refractivity contribution in [3.8, 4) is 12.3 Å². The van der Waals surface area contributed by atoms with Crippen LogP contribution in [-0.4, -0.2) is 11.5 Å². The molecule has 0 saturated heterocycles. The van der Waals surface area contributed by atoms with Crippen molar-refractivity contribution in [1.29, 1.82) is 0 Å². The Morgan fingerprint density at radius 1 is 1.38 bits per heavy atom. The number of aliphatic hydroxyl groups is 1. The maximum absolute atomic E-state index is 12.0. The molecule has 1 nitrogen and oxygen atoms in total. The zero-order valence-electron chi connectivity index (χ0n) is 6.74. The molecule has 0 aliphatic heterocycles. The predicted octanol–water partition coefficient (Wildman–Crippen LogP) is 1.97. The lowest BCUT2D eigenvalue weighted by Crippen LogP contribution is -2.07. The van der Waals surface area contributed by atoms with Crippen molar-refractivity contribution in [3.05, 3.63) is 35.4 Å². The maximum Gasteiger partial charge on any atom is 0.268 e. The fraction of sp³-hybridized carbons (Fsp3) is 0.200. The first-order valence-electron chi connectivity index (χ1n) is 3.68. The van der Waals surface area contributed by atoms with Crippen molar-refractivity contribution in [2.45, 2.75) is 12.5 Å². The van der Waals surface area contributed by atoms with Gasteiger partial charge in [-0.2, -0.15) is 0 Å². The number of rotatable bonds is 2. The first-order valence-corrected chi connectivity index (χ1v) is 3.68. The van der Waals surface area contributed by atoms with Crippen LogP contribution in [0.3, 0.4) is 0 Å². The zero-order valence-corrected chi connectivity index (χ0v) is 6.74. The molecule has 0 aliphatic carbocycles. The summed E-state index contributed by atoms with van der Waals surface area (Å²) in [5.74, 6) is 2.31. The Morgan fingerprint density at radius 3 is 2.62 bits per heavy atom. The number of hydrogen-bond donors (Lipinski definition) is 1. The highest BCUT2D eigenvalue weighted by Gasteiger charge is 2.18. The van der Waals surface area contributed by atoms with Crippen LogP contribution in [0.15, 0.2) is 24.3 Å². The van der Waals surface area contributed by atoms with Gasteiger partial charge in [-0.05, 0) is 17.7 Å². The van der Waals surface area contributed by atoms with E-state index in [9.17, 15) is 8.78 Å². The van der Waals surface area contributed by atoms with Gasteiger partial charge in [0.25, 0.3) is 6.43 Å². The Kier molecular flexibility index (Phi) is 2.99. The van der Waals surface area contributed by atoms with Gasteiger partial charge in [0.2, 0.25) is 0 Å². The van der Waals surface area contributed by atoms with Gasteiger partial charge in [0.15, 0.2) is 0 Å². The Morgan fingerprint density at radius 2 is 2.08 bits per heavy atom. The molecule has 0 aliphatic rings. The summed E-state index contributed by atoms with van der Waals surface area (Å²) in [4.78, 5) is 0. The predicted molar refractivity (Wildman–Crippen MR) is 45.3 cm³/mol. The third kappa shape index (κ3) is 2.27. The normalized spacial score (nSPS) is 12.5. The standard InChI is InChI=1S/C10H8F2O/c1-2-7-4-3-5-8(6-7)9(13)10(11)12/h1,3-6,9-10,13H. The first-order chi connectivity index (χ1) is 6.15. The van der Waals surface area contributed by atoms with E-state index in [4.69, 9.17) is 11.5 Å². The second-order valence-electron chi connectivity index (χ2n) is 2.55. The van der Waals surface area contributed by atoms with E-state index in [1.807, 2.05) is 0 Å². The largest absolute Gasteiger partial charge is 0.382 e. The van der Waals surface area contributed by atoms with E-state index in [-0.39, 0.29) is 5.56 Å². The molecule has 0 radical (unpaired) electrons. The smallest absolute Gasteiger partial charge is 0.268 e. The average molecular weight is 182 g/mol. The van der Waals surface area contributed by atoms with E-state index in [0.29, 0.717) is 5.56 Å². The minimum atomic E-state index is -2.78. The van der Waals surface area contributed by atoms with Gasteiger partial charge in [-0.1, -0.05) is 18.1 Å². The Balaban J connectivity index is 2.96. The highest BCUT2D eigenvalue weighted by molar-refractivity contribution is 5.36. The minimum Gasteiger partial charge on any atom is -0.382 e. The summed E-state index contributed by atoms with van der Waals surface area (Å²) >= 11 is 0. The van der Waals surface area contributed by atoms with Crippen molar-refractivity contribution in [3.63, 3.8) is 0 Å². The van der Waals surface area contributed by atoms with Gasteiger partial charge < -0.3 is 5.11 Å². The Bertz CT molecular complexity index is 328. The quantitative estimate of drug-likeness (QED) is 0.693. The number of benzene rings is 1. The van der Waals surface area contributed by atoms with Crippen LogP contribution in [0.2, 0.25) is 0 Å². The monoisotopic (exact) mass is 182 g/mol. The van der Waals surface area contributed by atoms with Crippen molar-refractivity contribution in [2.24, 2.45) is 0 Å². The van der Waals surface area contributed by atoms with Gasteiger partial charge in [-0.25, -0.2) is 8.78 Å². The van der Waals surface area contributed by atoms with E-state index >= 15 is 0 Å². The highest BCUT2D eigenvalue weighted by Crippen LogP contribution is 2.20. The lowest BCUT2D eigenvalue weighted by atomic mass is 10.1. The molecule has 1 rings (SSSR count). The van der Waals surface area contributed by atoms with Crippen molar-refractivity contribution >= 4 is 0 Å². The van der Waals surface area contributed by atoms with E-state index in [2.05, 4.69) is 5.92 Å². The fourth-order valence-corrected chi connectivity index (χ4v) is 0.958. The topological polar surface area (TPSA) is 20.2 Å². The van der Waals surface area contributed by atoms with Crippen LogP contribution < -0.4 is 0 Å². The first kappa shape index (κ1) is 9.69. The number of alkyl halides is 2. The lowest BCUT2D eigenvalue weighted by molar-refractivity contribution is -0.00578. The molecule has 1 aromatic rings. The van der Waals surface area contributed by atoms with Crippen molar-refractivity contribution in [1.82, 2.24) is 0 Å². The van der Waals surface area contributed by atoms with E-state index in [1.54, 1.807) is 6.07 Å². The van der Waals surface area contributed by atoms with E-state index in [1.165, 1.54) is 18.2 Å². The number of terminal acetylenes is 1. The van der Waals surface area contributed by atoms with Crippen LogP contribution in [0.1, 0.15) is 17.2 Å². The fourth-order valence-electron chi connectivity index (χ4n) is 0.958. The zero-order chi connectivity index (χ0) is 9.84. The summed E-state index contributed by atoms with van der Waals surface area (Å²) in [5.41, 5.74) is 0.627. The molecular weight excluding hydrogens is 174 g/mol. The molecule has 0 aromatic heterocycles. The summed E-state index contributed by atoms with van der Waals surface area (Å²) < 4.78 is 24.1.